The van der Waals surface area contributed by atoms with Gasteiger partial charge >= 0.3 is 0 Å². The first-order chi connectivity index (χ1) is 7.61. The van der Waals surface area contributed by atoms with Crippen molar-refractivity contribution < 1.29 is 19.3 Å². The summed E-state index contributed by atoms with van der Waals surface area (Å²) in [5.41, 5.74) is 0.616. The van der Waals surface area contributed by atoms with E-state index in [0.29, 0.717) is 10.9 Å². The number of fused-ring (bicyclic) bond motifs is 1. The van der Waals surface area contributed by atoms with E-state index in [1.165, 1.54) is 31.4 Å². The lowest BCUT2D eigenvalue weighted by atomic mass is 10.1. The quantitative estimate of drug-likeness (QED) is 0.755. The van der Waals surface area contributed by atoms with E-state index < -0.39 is 12.1 Å². The van der Waals surface area contributed by atoms with Gasteiger partial charge in [0, 0.05) is 17.0 Å². The largest absolute Gasteiger partial charge is 0.481 e. The van der Waals surface area contributed by atoms with E-state index in [0.717, 1.165) is 0 Å². The number of nitrogens with zero attached hydrogens (tertiary/aromatic N) is 1. The van der Waals surface area contributed by atoms with Crippen LogP contribution in [0.4, 0.5) is 4.39 Å². The van der Waals surface area contributed by atoms with Gasteiger partial charge < -0.3 is 14.9 Å². The summed E-state index contributed by atoms with van der Waals surface area (Å²) < 4.78 is 18.0. The molecule has 0 amide bonds. The van der Waals surface area contributed by atoms with Gasteiger partial charge in [0.05, 0.1) is 12.6 Å². The van der Waals surface area contributed by atoms with Gasteiger partial charge in [0.2, 0.25) is 5.88 Å². The molecule has 2 aromatic rings. The van der Waals surface area contributed by atoms with Gasteiger partial charge in [-0.05, 0) is 18.2 Å². The lowest BCUT2D eigenvalue weighted by molar-refractivity contribution is -0.0414. The van der Waals surface area contributed by atoms with Crippen molar-refractivity contribution >= 4 is 10.9 Å². The monoisotopic (exact) mass is 223 g/mol. The first kappa shape index (κ1) is 10.8. The van der Waals surface area contributed by atoms with Gasteiger partial charge in [-0.2, -0.15) is 0 Å². The second-order valence-corrected chi connectivity index (χ2v) is 3.29. The van der Waals surface area contributed by atoms with Crippen molar-refractivity contribution in [2.24, 2.45) is 0 Å². The summed E-state index contributed by atoms with van der Waals surface area (Å²) >= 11 is 0. The van der Waals surface area contributed by atoms with Gasteiger partial charge in [0.15, 0.2) is 6.29 Å². The van der Waals surface area contributed by atoms with E-state index in [1.54, 1.807) is 0 Å². The maximum atomic E-state index is 13.0. The van der Waals surface area contributed by atoms with Crippen LogP contribution in [0.1, 0.15) is 11.9 Å². The summed E-state index contributed by atoms with van der Waals surface area (Å²) in [6.45, 7) is 0. The summed E-state index contributed by atoms with van der Waals surface area (Å²) in [7, 11) is 1.42. The van der Waals surface area contributed by atoms with Crippen LogP contribution in [-0.2, 0) is 0 Å². The zero-order chi connectivity index (χ0) is 11.7. The summed E-state index contributed by atoms with van der Waals surface area (Å²) in [4.78, 5) is 4.07. The third-order valence-corrected chi connectivity index (χ3v) is 2.27. The molecule has 0 aliphatic carbocycles. The van der Waals surface area contributed by atoms with Crippen LogP contribution in [0.25, 0.3) is 10.9 Å². The molecule has 5 heteroatoms. The van der Waals surface area contributed by atoms with E-state index in [2.05, 4.69) is 4.98 Å². The molecule has 0 aliphatic rings. The number of halogens is 1. The summed E-state index contributed by atoms with van der Waals surface area (Å²) in [6, 6.07) is 5.28. The summed E-state index contributed by atoms with van der Waals surface area (Å²) in [6.07, 6.45) is -1.69. The summed E-state index contributed by atoms with van der Waals surface area (Å²) in [5.74, 6) is -0.205. The number of ether oxygens (including phenoxy) is 1. The molecule has 1 aromatic carbocycles. The van der Waals surface area contributed by atoms with Crippen molar-refractivity contribution in [3.05, 3.63) is 35.6 Å². The average molecular weight is 223 g/mol. The van der Waals surface area contributed by atoms with Gasteiger partial charge in [-0.15, -0.1) is 0 Å². The number of pyridine rings is 1. The van der Waals surface area contributed by atoms with Gasteiger partial charge in [0.1, 0.15) is 5.82 Å². The van der Waals surface area contributed by atoms with Crippen molar-refractivity contribution in [3.63, 3.8) is 0 Å². The number of rotatable bonds is 2. The molecule has 16 heavy (non-hydrogen) atoms. The molecule has 0 bridgehead atoms. The van der Waals surface area contributed by atoms with Crippen molar-refractivity contribution in [1.82, 2.24) is 4.98 Å². The Bertz CT molecular complexity index is 528. The van der Waals surface area contributed by atoms with Crippen LogP contribution < -0.4 is 4.74 Å². The maximum Gasteiger partial charge on any atom is 0.213 e. The predicted molar refractivity (Wildman–Crippen MR) is 55.4 cm³/mol. The van der Waals surface area contributed by atoms with Gasteiger partial charge in [0.25, 0.3) is 0 Å². The lowest BCUT2D eigenvalue weighted by Crippen LogP contribution is -1.99. The minimum Gasteiger partial charge on any atom is -0.481 e. The Labute approximate surface area is 90.9 Å². The zero-order valence-corrected chi connectivity index (χ0v) is 8.51. The SMILES string of the molecule is COc1cc(C(O)O)c2cc(F)ccc2n1. The first-order valence-corrected chi connectivity index (χ1v) is 4.62. The third kappa shape index (κ3) is 1.82. The van der Waals surface area contributed by atoms with Crippen LogP contribution in [0.5, 0.6) is 5.88 Å². The molecule has 0 aliphatic heterocycles. The number of aliphatic hydroxyl groups excluding tert-OH is 1. The molecule has 0 unspecified atom stereocenters. The average Bonchev–Trinajstić information content (AvgIpc) is 2.27. The molecule has 0 spiro atoms. The molecular formula is C11H10FNO3. The van der Waals surface area contributed by atoms with Gasteiger partial charge in [-0.25, -0.2) is 9.37 Å². The van der Waals surface area contributed by atoms with Crippen molar-refractivity contribution in [2.75, 3.05) is 7.11 Å². The Balaban J connectivity index is 2.77. The van der Waals surface area contributed by atoms with Crippen molar-refractivity contribution in [1.29, 1.82) is 0 Å². The van der Waals surface area contributed by atoms with E-state index in [4.69, 9.17) is 4.74 Å². The normalized spacial score (nSPS) is 11.1. The minimum atomic E-state index is -1.69. The number of aromatic nitrogens is 1. The Morgan fingerprint density at radius 2 is 2.06 bits per heavy atom. The Kier molecular flexibility index (Phi) is 2.72. The topological polar surface area (TPSA) is 62.6 Å². The molecule has 4 nitrogen and oxygen atoms in total. The summed E-state index contributed by atoms with van der Waals surface area (Å²) in [5, 5.41) is 18.7. The van der Waals surface area contributed by atoms with E-state index in [1.807, 2.05) is 0 Å². The zero-order valence-electron chi connectivity index (χ0n) is 8.51. The van der Waals surface area contributed by atoms with Crippen LogP contribution in [0.2, 0.25) is 0 Å². The number of methoxy groups -OCH3 is 1. The number of benzene rings is 1. The van der Waals surface area contributed by atoms with Crippen molar-refractivity contribution in [3.8, 4) is 5.88 Å². The standard InChI is InChI=1S/C11H10FNO3/c1-16-10-5-8(11(14)15)7-4-6(12)2-3-9(7)13-10/h2-5,11,14-15H,1H3. The lowest BCUT2D eigenvalue weighted by Gasteiger charge is -2.10. The van der Waals surface area contributed by atoms with Crippen molar-refractivity contribution in [2.45, 2.75) is 6.29 Å². The molecule has 1 heterocycles. The molecule has 2 N–H and O–H groups in total. The van der Waals surface area contributed by atoms with Crippen LogP contribution in [0.15, 0.2) is 24.3 Å². The van der Waals surface area contributed by atoms with E-state index >= 15 is 0 Å². The molecule has 0 fully saturated rings. The molecule has 2 rings (SSSR count). The smallest absolute Gasteiger partial charge is 0.213 e. The molecule has 0 saturated carbocycles. The van der Waals surface area contributed by atoms with Gasteiger partial charge in [-0.1, -0.05) is 0 Å². The van der Waals surface area contributed by atoms with Crippen LogP contribution in [0.3, 0.4) is 0 Å². The van der Waals surface area contributed by atoms with Crippen LogP contribution >= 0.6 is 0 Å². The molecular weight excluding hydrogens is 213 g/mol. The highest BCUT2D eigenvalue weighted by molar-refractivity contribution is 5.83. The molecule has 0 radical (unpaired) electrons. The van der Waals surface area contributed by atoms with E-state index in [-0.39, 0.29) is 11.4 Å². The Morgan fingerprint density at radius 3 is 2.69 bits per heavy atom. The van der Waals surface area contributed by atoms with Crippen LogP contribution in [0, 0.1) is 5.82 Å². The third-order valence-electron chi connectivity index (χ3n) is 2.27. The maximum absolute atomic E-state index is 13.0. The second-order valence-electron chi connectivity index (χ2n) is 3.29. The fourth-order valence-corrected chi connectivity index (χ4v) is 1.52. The molecule has 0 atom stereocenters. The highest BCUT2D eigenvalue weighted by Crippen LogP contribution is 2.26. The molecule has 1 aromatic heterocycles. The van der Waals surface area contributed by atoms with Gasteiger partial charge in [-0.3, -0.25) is 0 Å². The highest BCUT2D eigenvalue weighted by Gasteiger charge is 2.12. The second kappa shape index (κ2) is 4.03. The fourth-order valence-electron chi connectivity index (χ4n) is 1.52. The predicted octanol–water partition coefficient (Wildman–Crippen LogP) is 1.37. The van der Waals surface area contributed by atoms with E-state index in [9.17, 15) is 14.6 Å². The first-order valence-electron chi connectivity index (χ1n) is 4.62. The fraction of sp³-hybridized carbons (Fsp3) is 0.182. The molecule has 84 valence electrons. The Hall–Kier alpha value is -1.72. The minimum absolute atomic E-state index is 0.168. The Morgan fingerprint density at radius 1 is 1.31 bits per heavy atom. The van der Waals surface area contributed by atoms with Crippen LogP contribution in [-0.4, -0.2) is 22.3 Å². The number of aliphatic hydroxyl groups is 2. The highest BCUT2D eigenvalue weighted by atomic mass is 19.1. The number of hydrogen-bond acceptors (Lipinski definition) is 4. The molecule has 0 saturated heterocycles. The number of hydrogen-bond donors (Lipinski definition) is 2.